The van der Waals surface area contributed by atoms with E-state index in [0.717, 1.165) is 11.5 Å². The van der Waals surface area contributed by atoms with Crippen LogP contribution in [0.3, 0.4) is 0 Å². The van der Waals surface area contributed by atoms with Gasteiger partial charge in [0.15, 0.2) is 9.84 Å². The maximum atomic E-state index is 11.9. The highest BCUT2D eigenvalue weighted by Crippen LogP contribution is 2.15. The normalized spacial score (nSPS) is 20.5. The average molecular weight is 300 g/mol. The van der Waals surface area contributed by atoms with Gasteiger partial charge in [-0.15, -0.1) is 0 Å². The molecule has 0 spiro atoms. The molecule has 1 saturated heterocycles. The standard InChI is InChI=1S/C13H20N2O4S/c1-10-3-4-12(19-10)11(2)14-13(16)9-15-5-7-20(17,18)8-6-15/h3-4,11H,5-9H2,1-2H3,(H,14,16). The van der Waals surface area contributed by atoms with Crippen molar-refractivity contribution in [2.45, 2.75) is 19.9 Å². The fraction of sp³-hybridized carbons (Fsp3) is 0.615. The number of hydrogen-bond donors (Lipinski definition) is 1. The first-order chi connectivity index (χ1) is 9.35. The molecule has 1 unspecified atom stereocenters. The molecule has 0 aliphatic carbocycles. The molecule has 1 N–H and O–H groups in total. The number of carbonyl (C=O) groups excluding carboxylic acids is 1. The van der Waals surface area contributed by atoms with Crippen molar-refractivity contribution in [3.63, 3.8) is 0 Å². The summed E-state index contributed by atoms with van der Waals surface area (Å²) in [7, 11) is -2.90. The average Bonchev–Trinajstić information content (AvgIpc) is 2.79. The molecule has 7 heteroatoms. The summed E-state index contributed by atoms with van der Waals surface area (Å²) in [5.41, 5.74) is 0. The third kappa shape index (κ3) is 4.08. The molecule has 0 saturated carbocycles. The van der Waals surface area contributed by atoms with E-state index in [0.29, 0.717) is 13.1 Å². The van der Waals surface area contributed by atoms with Gasteiger partial charge in [-0.1, -0.05) is 0 Å². The lowest BCUT2D eigenvalue weighted by Gasteiger charge is -2.26. The second-order valence-electron chi connectivity index (χ2n) is 5.17. The lowest BCUT2D eigenvalue weighted by molar-refractivity contribution is -0.123. The van der Waals surface area contributed by atoms with Crippen LogP contribution in [0.25, 0.3) is 0 Å². The molecular weight excluding hydrogens is 280 g/mol. The van der Waals surface area contributed by atoms with Crippen molar-refractivity contribution < 1.29 is 17.6 Å². The first kappa shape index (κ1) is 15.1. The van der Waals surface area contributed by atoms with Gasteiger partial charge in [0.2, 0.25) is 5.91 Å². The van der Waals surface area contributed by atoms with Crippen LogP contribution in [0.5, 0.6) is 0 Å². The monoisotopic (exact) mass is 300 g/mol. The molecule has 1 amide bonds. The van der Waals surface area contributed by atoms with Gasteiger partial charge in [0, 0.05) is 13.1 Å². The molecule has 1 aromatic rings. The molecule has 1 aliphatic rings. The van der Waals surface area contributed by atoms with Gasteiger partial charge in [0.05, 0.1) is 24.1 Å². The van der Waals surface area contributed by atoms with Crippen LogP contribution in [0.15, 0.2) is 16.5 Å². The van der Waals surface area contributed by atoms with E-state index in [1.807, 2.05) is 30.9 Å². The van der Waals surface area contributed by atoms with Gasteiger partial charge >= 0.3 is 0 Å². The predicted octanol–water partition coefficient (Wildman–Crippen LogP) is 0.496. The topological polar surface area (TPSA) is 79.6 Å². The van der Waals surface area contributed by atoms with Gasteiger partial charge in [-0.2, -0.15) is 0 Å². The van der Waals surface area contributed by atoms with E-state index >= 15 is 0 Å². The smallest absolute Gasteiger partial charge is 0.234 e. The maximum absolute atomic E-state index is 11.9. The summed E-state index contributed by atoms with van der Waals surface area (Å²) in [5, 5.41) is 2.85. The SMILES string of the molecule is Cc1ccc(C(C)NC(=O)CN2CCS(=O)(=O)CC2)o1. The van der Waals surface area contributed by atoms with Crippen molar-refractivity contribution in [3.05, 3.63) is 23.7 Å². The molecule has 20 heavy (non-hydrogen) atoms. The fourth-order valence-electron chi connectivity index (χ4n) is 2.16. The Labute approximate surface area is 119 Å². The summed E-state index contributed by atoms with van der Waals surface area (Å²) < 4.78 is 28.1. The Morgan fingerprint density at radius 3 is 2.60 bits per heavy atom. The maximum Gasteiger partial charge on any atom is 0.234 e. The molecule has 0 bridgehead atoms. The lowest BCUT2D eigenvalue weighted by Crippen LogP contribution is -2.45. The number of nitrogens with one attached hydrogen (secondary N) is 1. The zero-order valence-corrected chi connectivity index (χ0v) is 12.6. The van der Waals surface area contributed by atoms with Crippen molar-refractivity contribution in [3.8, 4) is 0 Å². The van der Waals surface area contributed by atoms with Crippen molar-refractivity contribution in [2.75, 3.05) is 31.1 Å². The van der Waals surface area contributed by atoms with Crippen LogP contribution in [0.2, 0.25) is 0 Å². The molecule has 1 aromatic heterocycles. The van der Waals surface area contributed by atoms with Crippen LogP contribution >= 0.6 is 0 Å². The van der Waals surface area contributed by atoms with E-state index in [1.54, 1.807) is 0 Å². The lowest BCUT2D eigenvalue weighted by atomic mass is 10.2. The van der Waals surface area contributed by atoms with Crippen LogP contribution < -0.4 is 5.32 Å². The number of furan rings is 1. The quantitative estimate of drug-likeness (QED) is 0.875. The summed E-state index contributed by atoms with van der Waals surface area (Å²) in [6, 6.07) is 3.51. The van der Waals surface area contributed by atoms with E-state index in [2.05, 4.69) is 5.32 Å². The Kier molecular flexibility index (Phi) is 4.49. The molecular formula is C13H20N2O4S. The summed E-state index contributed by atoms with van der Waals surface area (Å²) in [4.78, 5) is 13.8. The van der Waals surface area contributed by atoms with Crippen LogP contribution in [0.1, 0.15) is 24.5 Å². The summed E-state index contributed by atoms with van der Waals surface area (Å²) in [6.45, 7) is 4.77. The summed E-state index contributed by atoms with van der Waals surface area (Å²) in [5.74, 6) is 1.67. The molecule has 2 rings (SSSR count). The third-order valence-corrected chi connectivity index (χ3v) is 4.98. The van der Waals surface area contributed by atoms with Gasteiger partial charge in [0.25, 0.3) is 0 Å². The Hall–Kier alpha value is -1.34. The van der Waals surface area contributed by atoms with Crippen LogP contribution in [-0.4, -0.2) is 50.4 Å². The highest BCUT2D eigenvalue weighted by atomic mass is 32.2. The Balaban J connectivity index is 1.81. The van der Waals surface area contributed by atoms with Gasteiger partial charge in [0.1, 0.15) is 11.5 Å². The second kappa shape index (κ2) is 5.97. The van der Waals surface area contributed by atoms with Crippen molar-refractivity contribution in [1.82, 2.24) is 10.2 Å². The van der Waals surface area contributed by atoms with E-state index in [9.17, 15) is 13.2 Å². The van der Waals surface area contributed by atoms with Gasteiger partial charge in [-0.05, 0) is 26.0 Å². The minimum Gasteiger partial charge on any atom is -0.464 e. The van der Waals surface area contributed by atoms with Crippen LogP contribution in [0.4, 0.5) is 0 Å². The van der Waals surface area contributed by atoms with Gasteiger partial charge in [-0.25, -0.2) is 8.42 Å². The second-order valence-corrected chi connectivity index (χ2v) is 7.47. The predicted molar refractivity (Wildman–Crippen MR) is 75.1 cm³/mol. The fourth-order valence-corrected chi connectivity index (χ4v) is 3.43. The number of aryl methyl sites for hydroxylation is 1. The molecule has 1 aliphatic heterocycles. The highest BCUT2D eigenvalue weighted by molar-refractivity contribution is 7.91. The number of sulfone groups is 1. The molecule has 1 atom stereocenters. The van der Waals surface area contributed by atoms with E-state index in [-0.39, 0.29) is 30.0 Å². The van der Waals surface area contributed by atoms with E-state index in [4.69, 9.17) is 4.42 Å². The highest BCUT2D eigenvalue weighted by Gasteiger charge is 2.23. The van der Waals surface area contributed by atoms with Gasteiger partial charge in [-0.3, -0.25) is 9.69 Å². The minimum atomic E-state index is -2.90. The zero-order valence-electron chi connectivity index (χ0n) is 11.8. The Morgan fingerprint density at radius 2 is 2.05 bits per heavy atom. The number of carbonyl (C=O) groups is 1. The van der Waals surface area contributed by atoms with Crippen molar-refractivity contribution in [2.24, 2.45) is 0 Å². The molecule has 1 fully saturated rings. The molecule has 112 valence electrons. The third-order valence-electron chi connectivity index (χ3n) is 3.37. The van der Waals surface area contributed by atoms with E-state index < -0.39 is 9.84 Å². The first-order valence-electron chi connectivity index (χ1n) is 6.64. The largest absolute Gasteiger partial charge is 0.464 e. The minimum absolute atomic E-state index is 0.120. The summed E-state index contributed by atoms with van der Waals surface area (Å²) >= 11 is 0. The van der Waals surface area contributed by atoms with Crippen LogP contribution in [-0.2, 0) is 14.6 Å². The molecule has 6 nitrogen and oxygen atoms in total. The van der Waals surface area contributed by atoms with Gasteiger partial charge < -0.3 is 9.73 Å². The molecule has 0 radical (unpaired) electrons. The number of nitrogens with zero attached hydrogens (tertiary/aromatic N) is 1. The number of hydrogen-bond acceptors (Lipinski definition) is 5. The molecule has 0 aromatic carbocycles. The first-order valence-corrected chi connectivity index (χ1v) is 8.46. The summed E-state index contributed by atoms with van der Waals surface area (Å²) in [6.07, 6.45) is 0. The number of amides is 1. The van der Waals surface area contributed by atoms with Crippen LogP contribution in [0, 0.1) is 6.92 Å². The van der Waals surface area contributed by atoms with Crippen molar-refractivity contribution >= 4 is 15.7 Å². The van der Waals surface area contributed by atoms with Crippen molar-refractivity contribution in [1.29, 1.82) is 0 Å². The number of rotatable bonds is 4. The van der Waals surface area contributed by atoms with E-state index in [1.165, 1.54) is 0 Å². The Morgan fingerprint density at radius 1 is 1.40 bits per heavy atom. The Bertz CT molecular complexity index is 565. The zero-order chi connectivity index (χ0) is 14.8. The molecule has 2 heterocycles.